The van der Waals surface area contributed by atoms with Crippen molar-refractivity contribution in [3.8, 4) is 0 Å². The number of anilines is 1. The maximum Gasteiger partial charge on any atom is 0.433 e. The van der Waals surface area contributed by atoms with E-state index in [9.17, 15) is 18.0 Å². The van der Waals surface area contributed by atoms with Gasteiger partial charge in [-0.05, 0) is 37.7 Å². The van der Waals surface area contributed by atoms with E-state index in [1.165, 1.54) is 5.57 Å². The maximum absolute atomic E-state index is 13.8. The number of nitrogens with one attached hydrogen (secondary N) is 1. The fourth-order valence-electron chi connectivity index (χ4n) is 5.50. The molecule has 2 aliphatic heterocycles. The summed E-state index contributed by atoms with van der Waals surface area (Å²) in [6, 6.07) is 1.54. The Labute approximate surface area is 198 Å². The number of aromatic nitrogens is 2. The van der Waals surface area contributed by atoms with Crippen LogP contribution in [0, 0.1) is 11.3 Å². The van der Waals surface area contributed by atoms with Gasteiger partial charge in [-0.15, -0.1) is 0 Å². The normalized spacial score (nSPS) is 28.1. The molecule has 3 heterocycles. The van der Waals surface area contributed by atoms with Crippen LogP contribution >= 0.6 is 0 Å². The average molecular weight is 482 g/mol. The molecule has 10 heteroatoms. The molecule has 0 radical (unpaired) electrons. The van der Waals surface area contributed by atoms with E-state index in [4.69, 9.17) is 4.74 Å². The molecule has 1 aliphatic carbocycles. The molecule has 0 spiro atoms. The van der Waals surface area contributed by atoms with E-state index in [0.29, 0.717) is 32.8 Å². The van der Waals surface area contributed by atoms with Crippen molar-refractivity contribution in [2.24, 2.45) is 11.3 Å². The van der Waals surface area contributed by atoms with Crippen molar-refractivity contribution in [1.29, 1.82) is 0 Å². The first-order valence-corrected chi connectivity index (χ1v) is 12.1. The fraction of sp³-hybridized carbons (Fsp3) is 0.708. The number of piperazine rings is 1. The standard InChI is InChI=1S/C24H34F3N5O2/c1-16(2)23(6-4-18(13-23)30-19-5-11-34-14-17(19)3)22(33)32-9-7-31(8-10-32)21-12-20(24(25,26)27)28-15-29-21/h12,14-16,18-19,30H,4-11,13H2,1-3H3/t18-,19?,23+/m1/s1. The van der Waals surface area contributed by atoms with Gasteiger partial charge in [-0.1, -0.05) is 13.8 Å². The van der Waals surface area contributed by atoms with Gasteiger partial charge in [0.15, 0.2) is 0 Å². The fourth-order valence-corrected chi connectivity index (χ4v) is 5.50. The Morgan fingerprint density at radius 3 is 2.59 bits per heavy atom. The lowest BCUT2D eigenvalue weighted by Crippen LogP contribution is -2.54. The third-order valence-electron chi connectivity index (χ3n) is 7.69. The van der Waals surface area contributed by atoms with Gasteiger partial charge in [0.1, 0.15) is 17.8 Å². The molecule has 3 aliphatic rings. The summed E-state index contributed by atoms with van der Waals surface area (Å²) in [5.41, 5.74) is -0.177. The third kappa shape index (κ3) is 5.01. The van der Waals surface area contributed by atoms with E-state index < -0.39 is 17.3 Å². The van der Waals surface area contributed by atoms with Crippen LogP contribution in [0.1, 0.15) is 52.1 Å². The predicted molar refractivity (Wildman–Crippen MR) is 122 cm³/mol. The molecule has 3 atom stereocenters. The molecule has 0 aromatic carbocycles. The van der Waals surface area contributed by atoms with Gasteiger partial charge < -0.3 is 19.9 Å². The molecular weight excluding hydrogens is 447 g/mol. The molecule has 1 aromatic heterocycles. The molecular formula is C24H34F3N5O2. The second-order valence-electron chi connectivity index (χ2n) is 10.0. The summed E-state index contributed by atoms with van der Waals surface area (Å²) in [5, 5.41) is 3.75. The molecule has 1 aromatic rings. The van der Waals surface area contributed by atoms with Crippen molar-refractivity contribution in [2.75, 3.05) is 37.7 Å². The van der Waals surface area contributed by atoms with E-state index in [2.05, 4.69) is 36.1 Å². The van der Waals surface area contributed by atoms with Crippen molar-refractivity contribution in [3.05, 3.63) is 29.9 Å². The Morgan fingerprint density at radius 2 is 1.94 bits per heavy atom. The second kappa shape index (κ2) is 9.71. The molecule has 1 amide bonds. The SMILES string of the molecule is CC1=COCCC1N[C@@H]1CC[C@@](C(=O)N2CCN(c3cc(C(F)(F)F)ncn3)CC2)(C(C)C)C1. The number of nitrogens with zero attached hydrogens (tertiary/aromatic N) is 4. The lowest BCUT2D eigenvalue weighted by molar-refractivity contribution is -0.145. The molecule has 1 saturated carbocycles. The van der Waals surface area contributed by atoms with Gasteiger partial charge in [-0.25, -0.2) is 9.97 Å². The minimum Gasteiger partial charge on any atom is -0.501 e. The van der Waals surface area contributed by atoms with Gasteiger partial charge in [0, 0.05) is 50.7 Å². The number of ether oxygens (including phenoxy) is 1. The van der Waals surface area contributed by atoms with Crippen LogP contribution < -0.4 is 10.2 Å². The van der Waals surface area contributed by atoms with Crippen molar-refractivity contribution >= 4 is 11.7 Å². The lowest BCUT2D eigenvalue weighted by atomic mass is 9.74. The van der Waals surface area contributed by atoms with E-state index >= 15 is 0 Å². The molecule has 2 fully saturated rings. The number of carbonyl (C=O) groups excluding carboxylic acids is 1. The van der Waals surface area contributed by atoms with E-state index in [1.807, 2.05) is 11.2 Å². The van der Waals surface area contributed by atoms with Crippen molar-refractivity contribution in [3.63, 3.8) is 0 Å². The highest BCUT2D eigenvalue weighted by atomic mass is 19.4. The maximum atomic E-state index is 13.8. The molecule has 34 heavy (non-hydrogen) atoms. The second-order valence-corrected chi connectivity index (χ2v) is 10.0. The Hall–Kier alpha value is -2.36. The van der Waals surface area contributed by atoms with Crippen LogP contribution in [0.15, 0.2) is 24.2 Å². The number of alkyl halides is 3. The highest BCUT2D eigenvalue weighted by Crippen LogP contribution is 2.46. The molecule has 0 bridgehead atoms. The molecule has 1 N–H and O–H groups in total. The zero-order valence-corrected chi connectivity index (χ0v) is 20.1. The van der Waals surface area contributed by atoms with Gasteiger partial charge >= 0.3 is 6.18 Å². The van der Waals surface area contributed by atoms with Crippen LogP contribution in [0.25, 0.3) is 0 Å². The van der Waals surface area contributed by atoms with E-state index in [0.717, 1.165) is 38.1 Å². The Balaban J connectivity index is 1.39. The summed E-state index contributed by atoms with van der Waals surface area (Å²) in [7, 11) is 0. The number of rotatable bonds is 5. The van der Waals surface area contributed by atoms with Crippen molar-refractivity contribution in [2.45, 2.75) is 64.7 Å². The topological polar surface area (TPSA) is 70.6 Å². The van der Waals surface area contributed by atoms with Crippen LogP contribution in [-0.4, -0.2) is 65.6 Å². The first-order chi connectivity index (χ1) is 16.1. The summed E-state index contributed by atoms with van der Waals surface area (Å²) in [5.74, 6) is 0.620. The summed E-state index contributed by atoms with van der Waals surface area (Å²) in [4.78, 5) is 24.8. The zero-order valence-electron chi connectivity index (χ0n) is 20.1. The number of amides is 1. The van der Waals surface area contributed by atoms with Gasteiger partial charge in [-0.2, -0.15) is 13.2 Å². The number of carbonyl (C=O) groups is 1. The van der Waals surface area contributed by atoms with Crippen LogP contribution in [0.4, 0.5) is 19.0 Å². The number of hydrogen-bond donors (Lipinski definition) is 1. The molecule has 1 saturated heterocycles. The number of hydrogen-bond acceptors (Lipinski definition) is 6. The van der Waals surface area contributed by atoms with Crippen molar-refractivity contribution < 1.29 is 22.7 Å². The summed E-state index contributed by atoms with van der Waals surface area (Å²) in [6.07, 6.45) is 1.79. The summed E-state index contributed by atoms with van der Waals surface area (Å²) >= 11 is 0. The van der Waals surface area contributed by atoms with E-state index in [1.54, 1.807) is 4.90 Å². The summed E-state index contributed by atoms with van der Waals surface area (Å²) in [6.45, 7) is 8.85. The van der Waals surface area contributed by atoms with Crippen molar-refractivity contribution in [1.82, 2.24) is 20.2 Å². The van der Waals surface area contributed by atoms with Gasteiger partial charge in [-0.3, -0.25) is 4.79 Å². The predicted octanol–water partition coefficient (Wildman–Crippen LogP) is 3.62. The lowest BCUT2D eigenvalue weighted by Gasteiger charge is -2.42. The molecule has 188 valence electrons. The van der Waals surface area contributed by atoms with E-state index in [-0.39, 0.29) is 29.7 Å². The van der Waals surface area contributed by atoms with Gasteiger partial charge in [0.05, 0.1) is 18.3 Å². The highest BCUT2D eigenvalue weighted by Gasteiger charge is 2.49. The van der Waals surface area contributed by atoms with Crippen LogP contribution in [0.2, 0.25) is 0 Å². The zero-order chi connectivity index (χ0) is 24.5. The molecule has 7 nitrogen and oxygen atoms in total. The minimum atomic E-state index is -4.51. The summed E-state index contributed by atoms with van der Waals surface area (Å²) < 4.78 is 44.5. The minimum absolute atomic E-state index is 0.171. The Bertz CT molecular complexity index is 914. The quantitative estimate of drug-likeness (QED) is 0.693. The van der Waals surface area contributed by atoms with Crippen LogP contribution in [0.5, 0.6) is 0 Å². The van der Waals surface area contributed by atoms with Crippen LogP contribution in [0.3, 0.4) is 0 Å². The smallest absolute Gasteiger partial charge is 0.433 e. The first-order valence-electron chi connectivity index (χ1n) is 12.1. The number of halogens is 3. The highest BCUT2D eigenvalue weighted by molar-refractivity contribution is 5.84. The van der Waals surface area contributed by atoms with Gasteiger partial charge in [0.25, 0.3) is 0 Å². The van der Waals surface area contributed by atoms with Crippen LogP contribution in [-0.2, 0) is 15.7 Å². The molecule has 1 unspecified atom stereocenters. The van der Waals surface area contributed by atoms with Gasteiger partial charge in [0.2, 0.25) is 5.91 Å². The Kier molecular flexibility index (Phi) is 7.07. The Morgan fingerprint density at radius 1 is 1.21 bits per heavy atom. The molecule has 4 rings (SSSR count). The average Bonchev–Trinajstić information content (AvgIpc) is 3.25. The first kappa shape index (κ1) is 24.8. The largest absolute Gasteiger partial charge is 0.501 e. The third-order valence-corrected chi connectivity index (χ3v) is 7.69. The monoisotopic (exact) mass is 481 g/mol.